The number of hydrogen-bond acceptors (Lipinski definition) is 15. The molecule has 0 spiro atoms. The average Bonchev–Trinajstić information content (AvgIpc) is 1.70. The highest BCUT2D eigenvalue weighted by atomic mass is 31.2. The molecule has 0 rings (SSSR count). The van der Waals surface area contributed by atoms with Gasteiger partial charge in [0.2, 0.25) is 0 Å². The van der Waals surface area contributed by atoms with Gasteiger partial charge in [-0.1, -0.05) is 356 Å². The Hall–Kier alpha value is -1.94. The number of aliphatic hydroxyl groups excluding tert-OH is 1. The normalized spacial score (nSPS) is 14.2. The second-order valence-corrected chi connectivity index (χ2v) is 31.7. The molecule has 3 unspecified atom stereocenters. The van der Waals surface area contributed by atoms with Crippen LogP contribution in [0.4, 0.5) is 0 Å². The average molecular weight is 1420 g/mol. The van der Waals surface area contributed by atoms with E-state index in [-0.39, 0.29) is 25.7 Å². The van der Waals surface area contributed by atoms with Gasteiger partial charge in [-0.15, -0.1) is 0 Å². The maximum atomic E-state index is 13.1. The van der Waals surface area contributed by atoms with Crippen LogP contribution in [0.5, 0.6) is 0 Å². The van der Waals surface area contributed by atoms with Gasteiger partial charge in [0.05, 0.1) is 26.4 Å². The molecular formula is C78H152O17P2. The summed E-state index contributed by atoms with van der Waals surface area (Å²) in [4.78, 5) is 72.8. The minimum Gasteiger partial charge on any atom is -0.462 e. The lowest BCUT2D eigenvalue weighted by molar-refractivity contribution is -0.161. The van der Waals surface area contributed by atoms with Crippen LogP contribution < -0.4 is 0 Å². The van der Waals surface area contributed by atoms with Crippen LogP contribution >= 0.6 is 15.6 Å². The second-order valence-electron chi connectivity index (χ2n) is 28.8. The Labute approximate surface area is 594 Å². The molecule has 3 N–H and O–H groups in total. The molecule has 19 heteroatoms. The minimum absolute atomic E-state index is 0.103. The first-order chi connectivity index (χ1) is 46.9. The van der Waals surface area contributed by atoms with Gasteiger partial charge >= 0.3 is 39.5 Å². The van der Waals surface area contributed by atoms with Crippen LogP contribution in [0, 0.1) is 11.8 Å². The fraction of sp³-hybridized carbons (Fsp3) is 0.949. The van der Waals surface area contributed by atoms with Crippen LogP contribution in [0.1, 0.15) is 408 Å². The molecule has 0 radical (unpaired) electrons. The van der Waals surface area contributed by atoms with E-state index < -0.39 is 97.5 Å². The lowest BCUT2D eigenvalue weighted by Crippen LogP contribution is -2.30. The molecule has 576 valence electrons. The van der Waals surface area contributed by atoms with Gasteiger partial charge < -0.3 is 33.8 Å². The van der Waals surface area contributed by atoms with Crippen LogP contribution in [0.25, 0.3) is 0 Å². The highest BCUT2D eigenvalue weighted by molar-refractivity contribution is 7.47. The molecule has 6 atom stereocenters. The van der Waals surface area contributed by atoms with Crippen LogP contribution in [0.3, 0.4) is 0 Å². The fourth-order valence-electron chi connectivity index (χ4n) is 12.0. The van der Waals surface area contributed by atoms with Crippen molar-refractivity contribution in [3.63, 3.8) is 0 Å². The summed E-state index contributed by atoms with van der Waals surface area (Å²) in [5.41, 5.74) is 0. The van der Waals surface area contributed by atoms with Crippen LogP contribution in [-0.4, -0.2) is 96.7 Å². The first kappa shape index (κ1) is 95.1. The largest absolute Gasteiger partial charge is 0.472 e. The third-order valence-corrected chi connectivity index (χ3v) is 20.5. The Bertz CT molecular complexity index is 1870. The van der Waals surface area contributed by atoms with Crippen molar-refractivity contribution in [2.75, 3.05) is 39.6 Å². The SMILES string of the molecule is CCCCCCCCCCCCCCCCCCCCCCC(=O)O[C@H](COC(=O)CCCCCCCCCCCCCCCCCC(C)C)COP(=O)(O)OC[C@@H](O)COP(=O)(O)OC[C@@H](COC(=O)CCCCCCCCCCC)OC(=O)CCCCCCCCC(C)CC. The minimum atomic E-state index is -4.96. The number of carbonyl (C=O) groups is 4. The van der Waals surface area contributed by atoms with Crippen LogP contribution in [0.15, 0.2) is 0 Å². The number of phosphoric ester groups is 2. The Kier molecular flexibility index (Phi) is 68.4. The molecule has 0 fully saturated rings. The molecular weight excluding hydrogens is 1270 g/mol. The summed E-state index contributed by atoms with van der Waals surface area (Å²) in [6, 6.07) is 0. The Morgan fingerprint density at radius 1 is 0.299 bits per heavy atom. The number of phosphoric acid groups is 2. The van der Waals surface area contributed by atoms with Gasteiger partial charge in [0, 0.05) is 25.7 Å². The highest BCUT2D eigenvalue weighted by Crippen LogP contribution is 2.45. The Morgan fingerprint density at radius 2 is 0.526 bits per heavy atom. The molecule has 0 aliphatic heterocycles. The smallest absolute Gasteiger partial charge is 0.462 e. The molecule has 0 aliphatic rings. The summed E-state index contributed by atoms with van der Waals surface area (Å²) in [6.07, 6.45) is 58.5. The number of hydrogen-bond donors (Lipinski definition) is 3. The zero-order valence-corrected chi connectivity index (χ0v) is 65.2. The van der Waals surface area contributed by atoms with E-state index in [0.29, 0.717) is 25.7 Å². The zero-order valence-electron chi connectivity index (χ0n) is 63.4. The monoisotopic (exact) mass is 1420 g/mol. The number of ether oxygens (including phenoxy) is 4. The van der Waals surface area contributed by atoms with Crippen LogP contribution in [0.2, 0.25) is 0 Å². The number of carbonyl (C=O) groups excluding carboxylic acids is 4. The fourth-order valence-corrected chi connectivity index (χ4v) is 13.6. The lowest BCUT2D eigenvalue weighted by Gasteiger charge is -2.21. The van der Waals surface area contributed by atoms with Crippen molar-refractivity contribution < 1.29 is 80.2 Å². The van der Waals surface area contributed by atoms with Crippen molar-refractivity contribution in [1.82, 2.24) is 0 Å². The summed E-state index contributed by atoms with van der Waals surface area (Å²) < 4.78 is 68.5. The Morgan fingerprint density at radius 3 is 0.784 bits per heavy atom. The predicted octanol–water partition coefficient (Wildman–Crippen LogP) is 23.1. The van der Waals surface area contributed by atoms with Gasteiger partial charge in [-0.05, 0) is 37.5 Å². The van der Waals surface area contributed by atoms with E-state index in [1.54, 1.807) is 0 Å². The second kappa shape index (κ2) is 69.8. The van der Waals surface area contributed by atoms with Crippen LogP contribution in [-0.2, 0) is 65.4 Å². The molecule has 0 bridgehead atoms. The van der Waals surface area contributed by atoms with Crippen molar-refractivity contribution >= 4 is 39.5 Å². The van der Waals surface area contributed by atoms with Crippen molar-refractivity contribution in [2.45, 2.75) is 426 Å². The lowest BCUT2D eigenvalue weighted by atomic mass is 10.00. The molecule has 0 aromatic carbocycles. The topological polar surface area (TPSA) is 237 Å². The summed E-state index contributed by atoms with van der Waals surface area (Å²) >= 11 is 0. The number of aliphatic hydroxyl groups is 1. The molecule has 0 amide bonds. The van der Waals surface area contributed by atoms with Crippen molar-refractivity contribution in [2.24, 2.45) is 11.8 Å². The maximum Gasteiger partial charge on any atom is 0.472 e. The molecule has 97 heavy (non-hydrogen) atoms. The molecule has 17 nitrogen and oxygen atoms in total. The summed E-state index contributed by atoms with van der Waals surface area (Å²) in [5, 5.41) is 10.6. The number of unbranched alkanes of at least 4 members (excludes halogenated alkanes) is 46. The molecule has 0 heterocycles. The van der Waals surface area contributed by atoms with Gasteiger partial charge in [-0.2, -0.15) is 0 Å². The molecule has 0 aromatic rings. The van der Waals surface area contributed by atoms with E-state index in [4.69, 9.17) is 37.0 Å². The first-order valence-electron chi connectivity index (χ1n) is 40.5. The van der Waals surface area contributed by atoms with Crippen molar-refractivity contribution in [3.8, 4) is 0 Å². The summed E-state index contributed by atoms with van der Waals surface area (Å²) in [7, 11) is -9.91. The molecule has 0 aliphatic carbocycles. The maximum absolute atomic E-state index is 13.1. The van der Waals surface area contributed by atoms with Gasteiger partial charge in [-0.25, -0.2) is 9.13 Å². The third kappa shape index (κ3) is 70.9. The van der Waals surface area contributed by atoms with Gasteiger partial charge in [-0.3, -0.25) is 37.3 Å². The summed E-state index contributed by atoms with van der Waals surface area (Å²) in [6.45, 7) is 9.57. The Balaban J connectivity index is 5.19. The zero-order chi connectivity index (χ0) is 71.4. The quantitative estimate of drug-likeness (QED) is 0.0222. The third-order valence-electron chi connectivity index (χ3n) is 18.6. The van der Waals surface area contributed by atoms with Crippen molar-refractivity contribution in [3.05, 3.63) is 0 Å². The number of rotatable bonds is 77. The van der Waals surface area contributed by atoms with E-state index in [0.717, 1.165) is 102 Å². The highest BCUT2D eigenvalue weighted by Gasteiger charge is 2.30. The standard InChI is InChI=1S/C78H152O17P2/c1-7-10-12-14-16-18-19-20-21-22-23-24-25-28-32-35-39-43-50-56-62-77(82)94-73(66-89-76(81)61-55-49-42-38-34-31-29-26-27-30-33-37-40-46-52-58-70(4)5)68-92-96(84,85)90-64-72(79)65-91-97(86,87)93-69-74(67-88-75(80)60-54-48-41-36-17-15-13-11-8-2)95-78(83)63-57-51-45-44-47-53-59-71(6)9-3/h70-74,79H,7-69H2,1-6H3,(H,84,85)(H,86,87)/t71?,72-,73-,74-/m1/s1. The van der Waals surface area contributed by atoms with E-state index >= 15 is 0 Å². The van der Waals surface area contributed by atoms with Gasteiger partial charge in [0.25, 0.3) is 0 Å². The molecule has 0 saturated carbocycles. The summed E-state index contributed by atoms with van der Waals surface area (Å²) in [5.74, 6) is -0.591. The van der Waals surface area contributed by atoms with Gasteiger partial charge in [0.1, 0.15) is 19.3 Å². The molecule has 0 saturated heterocycles. The molecule has 0 aromatic heterocycles. The van der Waals surface area contributed by atoms with Gasteiger partial charge in [0.15, 0.2) is 12.2 Å². The first-order valence-corrected chi connectivity index (χ1v) is 43.5. The van der Waals surface area contributed by atoms with Crippen molar-refractivity contribution in [1.29, 1.82) is 0 Å². The predicted molar refractivity (Wildman–Crippen MR) is 395 cm³/mol. The van der Waals surface area contributed by atoms with E-state index in [9.17, 15) is 43.2 Å². The number of esters is 4. The van der Waals surface area contributed by atoms with E-state index in [1.165, 1.54) is 225 Å². The van der Waals surface area contributed by atoms with E-state index in [1.807, 2.05) is 0 Å². The van der Waals surface area contributed by atoms with E-state index in [2.05, 4.69) is 41.5 Å².